The summed E-state index contributed by atoms with van der Waals surface area (Å²) in [5, 5.41) is 0.517. The highest BCUT2D eigenvalue weighted by atomic mass is 16.1. The van der Waals surface area contributed by atoms with E-state index >= 15 is 0 Å². The van der Waals surface area contributed by atoms with Crippen LogP contribution in [0.3, 0.4) is 0 Å². The van der Waals surface area contributed by atoms with Crippen molar-refractivity contribution in [3.63, 3.8) is 0 Å². The van der Waals surface area contributed by atoms with Crippen LogP contribution in [0.25, 0.3) is 16.6 Å². The summed E-state index contributed by atoms with van der Waals surface area (Å²) >= 11 is 0. The minimum Gasteiger partial charge on any atom is -0.317 e. The summed E-state index contributed by atoms with van der Waals surface area (Å²) in [6.45, 7) is 5.94. The third-order valence-electron chi connectivity index (χ3n) is 5.13. The van der Waals surface area contributed by atoms with Crippen molar-refractivity contribution in [2.24, 2.45) is 0 Å². The van der Waals surface area contributed by atoms with Crippen molar-refractivity contribution in [2.75, 3.05) is 0 Å². The molecule has 4 rings (SSSR count). The summed E-state index contributed by atoms with van der Waals surface area (Å²) < 4.78 is 3.47. The molecular weight excluding hydrogens is 350 g/mol. The van der Waals surface area contributed by atoms with E-state index in [9.17, 15) is 9.59 Å². The van der Waals surface area contributed by atoms with Gasteiger partial charge in [-0.05, 0) is 50.6 Å². The van der Waals surface area contributed by atoms with E-state index in [1.54, 1.807) is 18.2 Å². The Morgan fingerprint density at radius 1 is 1.00 bits per heavy atom. The first-order valence-electron chi connectivity index (χ1n) is 9.19. The molecule has 0 unspecified atom stereocenters. The maximum Gasteiger partial charge on any atom is 0.261 e. The number of ketones is 1. The smallest absolute Gasteiger partial charge is 0.261 e. The molecular formula is C23H21N3O2. The van der Waals surface area contributed by atoms with Crippen LogP contribution in [0, 0.1) is 20.8 Å². The number of nitrogens with zero attached hydrogens (tertiary/aromatic N) is 3. The van der Waals surface area contributed by atoms with Gasteiger partial charge in [-0.3, -0.25) is 14.2 Å². The van der Waals surface area contributed by atoms with Crippen LogP contribution in [0.4, 0.5) is 0 Å². The Kier molecular flexibility index (Phi) is 4.43. The van der Waals surface area contributed by atoms with E-state index in [2.05, 4.69) is 22.5 Å². The van der Waals surface area contributed by atoms with E-state index < -0.39 is 0 Å². The molecule has 0 aliphatic carbocycles. The Hall–Kier alpha value is -3.47. The first kappa shape index (κ1) is 17.9. The van der Waals surface area contributed by atoms with Gasteiger partial charge in [0.25, 0.3) is 5.56 Å². The highest BCUT2D eigenvalue weighted by Gasteiger charge is 2.18. The van der Waals surface area contributed by atoms with Crippen molar-refractivity contribution >= 4 is 16.7 Å². The lowest BCUT2D eigenvalue weighted by molar-refractivity contribution is 0.0970. The number of para-hydroxylation sites is 2. The molecule has 2 aromatic carbocycles. The Morgan fingerprint density at radius 3 is 2.50 bits per heavy atom. The molecule has 0 aliphatic heterocycles. The molecule has 0 saturated heterocycles. The molecule has 0 amide bonds. The zero-order chi connectivity index (χ0) is 19.8. The van der Waals surface area contributed by atoms with Crippen LogP contribution in [0.5, 0.6) is 0 Å². The average Bonchev–Trinajstić information content (AvgIpc) is 2.99. The minimum atomic E-state index is -0.202. The second-order valence-corrected chi connectivity index (χ2v) is 7.02. The molecule has 5 heteroatoms. The number of hydrogen-bond donors (Lipinski definition) is 0. The Balaban J connectivity index is 1.72. The molecule has 28 heavy (non-hydrogen) atoms. The Labute approximate surface area is 162 Å². The second kappa shape index (κ2) is 6.93. The van der Waals surface area contributed by atoms with Crippen molar-refractivity contribution in [1.82, 2.24) is 14.1 Å². The number of aryl methyl sites for hydroxylation is 2. The van der Waals surface area contributed by atoms with Gasteiger partial charge in [0.05, 0.1) is 23.8 Å². The lowest BCUT2D eigenvalue weighted by atomic mass is 10.1. The predicted octanol–water partition coefficient (Wildman–Crippen LogP) is 4.00. The zero-order valence-corrected chi connectivity index (χ0v) is 16.1. The lowest BCUT2D eigenvalue weighted by Crippen LogP contribution is -2.24. The van der Waals surface area contributed by atoms with E-state index in [1.807, 2.05) is 44.2 Å². The van der Waals surface area contributed by atoms with Crippen molar-refractivity contribution in [3.8, 4) is 5.69 Å². The number of fused-ring (bicyclic) bond motifs is 1. The van der Waals surface area contributed by atoms with Gasteiger partial charge in [0.2, 0.25) is 0 Å². The molecule has 140 valence electrons. The quantitative estimate of drug-likeness (QED) is 0.510. The molecule has 0 saturated carbocycles. The standard InChI is InChI=1S/C23H21N3O2/c1-15-8-4-7-11-21(15)26-16(2)12-19(17(26)3)22(27)13-25-14-24-20-10-6-5-9-18(20)23(25)28/h4-12,14H,13H2,1-3H3. The molecule has 5 nitrogen and oxygen atoms in total. The average molecular weight is 371 g/mol. The van der Waals surface area contributed by atoms with Gasteiger partial charge in [0, 0.05) is 22.6 Å². The van der Waals surface area contributed by atoms with Crippen molar-refractivity contribution in [2.45, 2.75) is 27.3 Å². The molecule has 0 radical (unpaired) electrons. The number of hydrogen-bond acceptors (Lipinski definition) is 3. The highest BCUT2D eigenvalue weighted by molar-refractivity contribution is 5.97. The highest BCUT2D eigenvalue weighted by Crippen LogP contribution is 2.23. The van der Waals surface area contributed by atoms with Crippen molar-refractivity contribution < 1.29 is 4.79 Å². The summed E-state index contributed by atoms with van der Waals surface area (Å²) in [6, 6.07) is 17.1. The van der Waals surface area contributed by atoms with Crippen molar-refractivity contribution in [3.05, 3.63) is 93.8 Å². The fourth-order valence-corrected chi connectivity index (χ4v) is 3.69. The number of carbonyl (C=O) groups is 1. The van der Waals surface area contributed by atoms with Gasteiger partial charge >= 0.3 is 0 Å². The molecule has 0 fully saturated rings. The van der Waals surface area contributed by atoms with Gasteiger partial charge < -0.3 is 4.57 Å². The fourth-order valence-electron chi connectivity index (χ4n) is 3.69. The van der Waals surface area contributed by atoms with Gasteiger partial charge in [-0.15, -0.1) is 0 Å². The Morgan fingerprint density at radius 2 is 1.71 bits per heavy atom. The van der Waals surface area contributed by atoms with Crippen LogP contribution in [0.1, 0.15) is 27.3 Å². The van der Waals surface area contributed by atoms with E-state index in [4.69, 9.17) is 0 Å². The molecule has 0 atom stereocenters. The van der Waals surface area contributed by atoms with Gasteiger partial charge in [-0.1, -0.05) is 30.3 Å². The molecule has 0 bridgehead atoms. The number of rotatable bonds is 4. The van der Waals surface area contributed by atoms with E-state index in [-0.39, 0.29) is 17.9 Å². The van der Waals surface area contributed by atoms with Gasteiger partial charge in [0.15, 0.2) is 5.78 Å². The Bertz CT molecular complexity index is 1260. The third-order valence-corrected chi connectivity index (χ3v) is 5.13. The second-order valence-electron chi connectivity index (χ2n) is 7.02. The summed E-state index contributed by atoms with van der Waals surface area (Å²) in [6.07, 6.45) is 1.45. The number of benzene rings is 2. The SMILES string of the molecule is Cc1ccccc1-n1c(C)cc(C(=O)Cn2cnc3ccccc3c2=O)c1C. The van der Waals surface area contributed by atoms with Gasteiger partial charge in [0.1, 0.15) is 0 Å². The van der Waals surface area contributed by atoms with Crippen LogP contribution >= 0.6 is 0 Å². The number of aromatic nitrogens is 3. The largest absolute Gasteiger partial charge is 0.317 e. The molecule has 0 N–H and O–H groups in total. The molecule has 0 spiro atoms. The van der Waals surface area contributed by atoms with E-state index in [0.29, 0.717) is 16.5 Å². The van der Waals surface area contributed by atoms with E-state index in [1.165, 1.54) is 10.9 Å². The first-order valence-corrected chi connectivity index (χ1v) is 9.19. The molecule has 0 aliphatic rings. The summed E-state index contributed by atoms with van der Waals surface area (Å²) in [4.78, 5) is 30.0. The number of Topliss-reactive ketones (excluding diaryl/α,β-unsaturated/α-hetero) is 1. The fraction of sp³-hybridized carbons (Fsp3) is 0.174. The van der Waals surface area contributed by atoms with Crippen LogP contribution in [0.15, 0.2) is 65.7 Å². The number of carbonyl (C=O) groups excluding carboxylic acids is 1. The van der Waals surface area contributed by atoms with Gasteiger partial charge in [-0.2, -0.15) is 0 Å². The lowest BCUT2D eigenvalue weighted by Gasteiger charge is -2.12. The maximum atomic E-state index is 13.0. The predicted molar refractivity (Wildman–Crippen MR) is 110 cm³/mol. The van der Waals surface area contributed by atoms with Gasteiger partial charge in [-0.25, -0.2) is 4.98 Å². The molecule has 4 aromatic rings. The normalized spacial score (nSPS) is 11.1. The first-order chi connectivity index (χ1) is 13.5. The van der Waals surface area contributed by atoms with Crippen LogP contribution < -0.4 is 5.56 Å². The summed E-state index contributed by atoms with van der Waals surface area (Å²) in [5.74, 6) is -0.105. The van der Waals surface area contributed by atoms with Crippen LogP contribution in [0.2, 0.25) is 0 Å². The summed E-state index contributed by atoms with van der Waals surface area (Å²) in [5.41, 5.74) is 5.11. The molecule has 2 heterocycles. The monoisotopic (exact) mass is 371 g/mol. The van der Waals surface area contributed by atoms with E-state index in [0.717, 1.165) is 22.6 Å². The van der Waals surface area contributed by atoms with Crippen LogP contribution in [-0.4, -0.2) is 19.9 Å². The topological polar surface area (TPSA) is 56.9 Å². The summed E-state index contributed by atoms with van der Waals surface area (Å²) in [7, 11) is 0. The third kappa shape index (κ3) is 2.95. The zero-order valence-electron chi connectivity index (χ0n) is 16.1. The van der Waals surface area contributed by atoms with Crippen LogP contribution in [-0.2, 0) is 6.54 Å². The molecule has 2 aromatic heterocycles. The maximum absolute atomic E-state index is 13.0. The van der Waals surface area contributed by atoms with Crippen molar-refractivity contribution in [1.29, 1.82) is 0 Å². The minimum absolute atomic E-state index is 0.0330.